The molecule has 0 saturated heterocycles. The van der Waals surface area contributed by atoms with E-state index in [2.05, 4.69) is 11.3 Å². The first-order valence-electron chi connectivity index (χ1n) is 9.58. The number of rotatable bonds is 13. The molecular weight excluding hydrogens is 603 g/mol. The molecule has 0 aliphatic heterocycles. The van der Waals surface area contributed by atoms with Crippen LogP contribution in [0.25, 0.3) is 0 Å². The Morgan fingerprint density at radius 2 is 1.00 bits per heavy atom. The summed E-state index contributed by atoms with van der Waals surface area (Å²) >= 11 is 0. The Kier molecular flexibility index (Phi) is 9.50. The maximum Gasteiger partial charge on any atom is 0.460 e. The SMILES string of the molecule is C=C(CC(=O)O)C(=O)OC(C)(CC)CC(F)(F)C(F)(F)C(F)(F)C(F)(F)C(F)(F)C(F)(F)C(F)(F)C(F)(F)F. The van der Waals surface area contributed by atoms with Crippen molar-refractivity contribution in [2.45, 2.75) is 86.3 Å². The van der Waals surface area contributed by atoms with Gasteiger partial charge in [-0.05, 0) is 13.3 Å². The van der Waals surface area contributed by atoms with Crippen LogP contribution in [-0.2, 0) is 14.3 Å². The summed E-state index contributed by atoms with van der Waals surface area (Å²) in [5, 5.41) is 8.50. The second-order valence-electron chi connectivity index (χ2n) is 8.19. The van der Waals surface area contributed by atoms with Crippen LogP contribution in [0, 0.1) is 0 Å². The number of aliphatic carboxylic acids is 1. The second kappa shape index (κ2) is 10.2. The van der Waals surface area contributed by atoms with Crippen molar-refractivity contribution < 1.29 is 94.1 Å². The number of carbonyl (C=O) groups is 2. The molecule has 1 unspecified atom stereocenters. The smallest absolute Gasteiger partial charge is 0.460 e. The summed E-state index contributed by atoms with van der Waals surface area (Å²) in [7, 11) is 0. The number of halogens is 17. The van der Waals surface area contributed by atoms with Gasteiger partial charge in [0.05, 0.1) is 12.8 Å². The average molecular weight is 618 g/mol. The number of carbonyl (C=O) groups excluding carboxylic acids is 1. The van der Waals surface area contributed by atoms with E-state index in [0.717, 1.165) is 0 Å². The molecule has 0 aliphatic rings. The van der Waals surface area contributed by atoms with Crippen LogP contribution in [0.15, 0.2) is 12.2 Å². The Hall–Kier alpha value is -2.51. The summed E-state index contributed by atoms with van der Waals surface area (Å²) in [6.45, 7) is 3.74. The Labute approximate surface area is 205 Å². The third-order valence-corrected chi connectivity index (χ3v) is 5.12. The van der Waals surface area contributed by atoms with Crippen molar-refractivity contribution in [3.63, 3.8) is 0 Å². The molecule has 0 aromatic rings. The van der Waals surface area contributed by atoms with Crippen molar-refractivity contribution >= 4 is 11.9 Å². The number of esters is 1. The predicted molar refractivity (Wildman–Crippen MR) is 91.5 cm³/mol. The summed E-state index contributed by atoms with van der Waals surface area (Å²) in [5.74, 6) is -61.3. The number of ether oxygens (including phenoxy) is 1. The molecule has 0 heterocycles. The van der Waals surface area contributed by atoms with Crippen LogP contribution in [0.1, 0.15) is 33.1 Å². The van der Waals surface area contributed by atoms with E-state index in [1.165, 1.54) is 0 Å². The van der Waals surface area contributed by atoms with Crippen LogP contribution in [0.3, 0.4) is 0 Å². The molecule has 1 N–H and O–H groups in total. The van der Waals surface area contributed by atoms with Crippen molar-refractivity contribution in [3.05, 3.63) is 12.2 Å². The summed E-state index contributed by atoms with van der Waals surface area (Å²) in [4.78, 5) is 22.2. The fraction of sp³-hybridized carbons (Fsp3) is 0.778. The van der Waals surface area contributed by atoms with E-state index >= 15 is 0 Å². The van der Waals surface area contributed by atoms with Gasteiger partial charge in [0, 0.05) is 5.57 Å². The topological polar surface area (TPSA) is 63.6 Å². The first-order chi connectivity index (χ1) is 16.7. The lowest BCUT2D eigenvalue weighted by atomic mass is 9.85. The van der Waals surface area contributed by atoms with Gasteiger partial charge < -0.3 is 9.84 Å². The molecule has 0 aromatic heterocycles. The third kappa shape index (κ3) is 5.85. The molecule has 4 nitrogen and oxygen atoms in total. The monoisotopic (exact) mass is 618 g/mol. The van der Waals surface area contributed by atoms with Crippen molar-refractivity contribution in [1.82, 2.24) is 0 Å². The fourth-order valence-electron chi connectivity index (χ4n) is 2.56. The number of carboxylic acid groups (broad SMARTS) is 1. The predicted octanol–water partition coefficient (Wildman–Crippen LogP) is 7.13. The van der Waals surface area contributed by atoms with E-state index in [1.54, 1.807) is 0 Å². The van der Waals surface area contributed by atoms with Crippen LogP contribution in [-0.4, -0.2) is 70.3 Å². The van der Waals surface area contributed by atoms with Crippen LogP contribution >= 0.6 is 0 Å². The van der Waals surface area contributed by atoms with Crippen molar-refractivity contribution in [1.29, 1.82) is 0 Å². The van der Waals surface area contributed by atoms with Crippen LogP contribution in [0.4, 0.5) is 74.6 Å². The highest BCUT2D eigenvalue weighted by Gasteiger charge is 2.95. The minimum Gasteiger partial charge on any atom is -0.481 e. The maximum atomic E-state index is 14.2. The quantitative estimate of drug-likeness (QED) is 0.136. The Balaban J connectivity index is 6.64. The van der Waals surface area contributed by atoms with Gasteiger partial charge in [-0.3, -0.25) is 4.79 Å². The third-order valence-electron chi connectivity index (χ3n) is 5.12. The zero-order valence-electron chi connectivity index (χ0n) is 18.9. The molecular formula is C18H15F17O4. The van der Waals surface area contributed by atoms with Gasteiger partial charge in [-0.1, -0.05) is 13.5 Å². The summed E-state index contributed by atoms with van der Waals surface area (Å²) < 4.78 is 232. The van der Waals surface area contributed by atoms with Gasteiger partial charge in [0.2, 0.25) is 0 Å². The number of alkyl halides is 17. The minimum atomic E-state index is -8.75. The van der Waals surface area contributed by atoms with E-state index < -0.39 is 90.0 Å². The fourth-order valence-corrected chi connectivity index (χ4v) is 2.56. The van der Waals surface area contributed by atoms with E-state index in [1.807, 2.05) is 0 Å². The standard InChI is InChI=1S/C18H15F17O4/c1-4-10(3,39-9(38)7(2)5-8(36)37)6-11(19,20)12(21,22)13(23,24)14(25,26)15(27,28)16(29,30)17(31,32)18(33,34)35/h2,4-6H2,1,3H3,(H,36,37). The molecule has 0 aromatic carbocycles. The van der Waals surface area contributed by atoms with E-state index in [9.17, 15) is 84.2 Å². The van der Waals surface area contributed by atoms with Crippen molar-refractivity contribution in [3.8, 4) is 0 Å². The van der Waals surface area contributed by atoms with Gasteiger partial charge in [0.1, 0.15) is 5.60 Å². The van der Waals surface area contributed by atoms with Crippen molar-refractivity contribution in [2.75, 3.05) is 0 Å². The molecule has 0 saturated carbocycles. The normalized spacial score (nSPS) is 16.5. The molecule has 1 atom stereocenters. The molecule has 0 radical (unpaired) electrons. The van der Waals surface area contributed by atoms with Gasteiger partial charge in [-0.2, -0.15) is 74.6 Å². The largest absolute Gasteiger partial charge is 0.481 e. The van der Waals surface area contributed by atoms with Crippen LogP contribution in [0.5, 0.6) is 0 Å². The molecule has 21 heteroatoms. The second-order valence-corrected chi connectivity index (χ2v) is 8.19. The van der Waals surface area contributed by atoms with Crippen LogP contribution in [0.2, 0.25) is 0 Å². The van der Waals surface area contributed by atoms with Gasteiger partial charge >= 0.3 is 59.6 Å². The minimum absolute atomic E-state index is 0.228. The molecule has 0 amide bonds. The summed E-state index contributed by atoms with van der Waals surface area (Å²) in [5.41, 5.74) is -4.23. The molecule has 230 valence electrons. The zero-order valence-corrected chi connectivity index (χ0v) is 18.9. The molecule has 0 aliphatic carbocycles. The lowest BCUT2D eigenvalue weighted by molar-refractivity contribution is -0.462. The summed E-state index contributed by atoms with van der Waals surface area (Å²) in [6, 6.07) is 0. The van der Waals surface area contributed by atoms with Gasteiger partial charge in [-0.25, -0.2) is 4.79 Å². The van der Waals surface area contributed by atoms with E-state index in [-0.39, 0.29) is 6.92 Å². The number of carboxylic acids is 1. The Morgan fingerprint density at radius 3 is 1.31 bits per heavy atom. The molecule has 0 bridgehead atoms. The lowest BCUT2D eigenvalue weighted by Crippen LogP contribution is -2.74. The molecule has 0 fully saturated rings. The number of hydrogen-bond acceptors (Lipinski definition) is 3. The van der Waals surface area contributed by atoms with Crippen LogP contribution < -0.4 is 0 Å². The zero-order chi connectivity index (χ0) is 32.1. The van der Waals surface area contributed by atoms with E-state index in [0.29, 0.717) is 6.92 Å². The highest BCUT2D eigenvalue weighted by molar-refractivity contribution is 5.93. The average Bonchev–Trinajstić information content (AvgIpc) is 2.70. The van der Waals surface area contributed by atoms with Gasteiger partial charge in [-0.15, -0.1) is 0 Å². The first kappa shape index (κ1) is 36.5. The molecule has 0 spiro atoms. The van der Waals surface area contributed by atoms with Gasteiger partial charge in [0.25, 0.3) is 0 Å². The number of hydrogen-bond donors (Lipinski definition) is 1. The maximum absolute atomic E-state index is 14.2. The molecule has 39 heavy (non-hydrogen) atoms. The van der Waals surface area contributed by atoms with E-state index in [4.69, 9.17) is 5.11 Å². The Bertz CT molecular complexity index is 954. The first-order valence-corrected chi connectivity index (χ1v) is 9.58. The van der Waals surface area contributed by atoms with Crippen molar-refractivity contribution in [2.24, 2.45) is 0 Å². The summed E-state index contributed by atoms with van der Waals surface area (Å²) in [6.07, 6.45) is -13.2. The molecule has 0 rings (SSSR count). The Morgan fingerprint density at radius 1 is 0.667 bits per heavy atom. The highest BCUT2D eigenvalue weighted by Crippen LogP contribution is 2.64. The highest BCUT2D eigenvalue weighted by atomic mass is 19.4. The van der Waals surface area contributed by atoms with Gasteiger partial charge in [0.15, 0.2) is 0 Å². The lowest BCUT2D eigenvalue weighted by Gasteiger charge is -2.43.